The molecular weight excluding hydrogens is 240 g/mol. The summed E-state index contributed by atoms with van der Waals surface area (Å²) in [5.41, 5.74) is 0.838. The summed E-state index contributed by atoms with van der Waals surface area (Å²) in [5, 5.41) is 11.1. The van der Waals surface area contributed by atoms with Gasteiger partial charge < -0.3 is 10.1 Å². The number of benzene rings is 1. The van der Waals surface area contributed by atoms with Crippen LogP contribution in [0, 0.1) is 11.3 Å². The maximum atomic E-state index is 12.1. The van der Waals surface area contributed by atoms with Crippen molar-refractivity contribution >= 4 is 5.91 Å². The number of carbonyl (C=O) groups excluding carboxylic acids is 1. The molecule has 0 saturated heterocycles. The molecule has 1 amide bonds. The number of nitriles is 1. The Morgan fingerprint density at radius 1 is 1.37 bits per heavy atom. The van der Waals surface area contributed by atoms with Crippen molar-refractivity contribution in [2.75, 3.05) is 6.54 Å². The molecule has 1 saturated carbocycles. The minimum absolute atomic E-state index is 0.0101. The van der Waals surface area contributed by atoms with Crippen LogP contribution in [0.25, 0.3) is 0 Å². The van der Waals surface area contributed by atoms with Gasteiger partial charge in [0.2, 0.25) is 0 Å². The molecule has 100 valence electrons. The lowest BCUT2D eigenvalue weighted by Crippen LogP contribution is -2.32. The molecule has 1 unspecified atom stereocenters. The van der Waals surface area contributed by atoms with E-state index in [2.05, 4.69) is 5.32 Å². The first-order valence-electron chi connectivity index (χ1n) is 6.66. The summed E-state index contributed by atoms with van der Waals surface area (Å²) in [6.45, 7) is 0.0101. The van der Waals surface area contributed by atoms with Crippen LogP contribution < -0.4 is 5.32 Å². The molecule has 1 N–H and O–H groups in total. The molecule has 1 aliphatic rings. The van der Waals surface area contributed by atoms with Crippen LogP contribution in [0.3, 0.4) is 0 Å². The van der Waals surface area contributed by atoms with Gasteiger partial charge in [0, 0.05) is 0 Å². The average molecular weight is 258 g/mol. The van der Waals surface area contributed by atoms with Crippen molar-refractivity contribution < 1.29 is 9.53 Å². The van der Waals surface area contributed by atoms with Gasteiger partial charge in [-0.05, 0) is 18.4 Å². The zero-order valence-electron chi connectivity index (χ0n) is 10.8. The lowest BCUT2D eigenvalue weighted by molar-refractivity contribution is -0.136. The van der Waals surface area contributed by atoms with Gasteiger partial charge in [-0.25, -0.2) is 0 Å². The molecule has 0 bridgehead atoms. The molecular formula is C15H18N2O2. The van der Waals surface area contributed by atoms with Crippen molar-refractivity contribution in [2.45, 2.75) is 37.9 Å². The highest BCUT2D eigenvalue weighted by molar-refractivity contribution is 5.82. The van der Waals surface area contributed by atoms with Gasteiger partial charge in [0.1, 0.15) is 6.54 Å². The minimum Gasteiger partial charge on any atom is -0.360 e. The Morgan fingerprint density at radius 3 is 2.68 bits per heavy atom. The summed E-state index contributed by atoms with van der Waals surface area (Å²) >= 11 is 0. The number of nitrogens with one attached hydrogen (secondary N) is 1. The summed E-state index contributed by atoms with van der Waals surface area (Å²) in [5.74, 6) is -0.236. The quantitative estimate of drug-likeness (QED) is 0.824. The van der Waals surface area contributed by atoms with E-state index in [1.54, 1.807) is 0 Å². The number of ether oxygens (including phenoxy) is 1. The van der Waals surface area contributed by atoms with Gasteiger partial charge in [0.15, 0.2) is 6.10 Å². The van der Waals surface area contributed by atoms with Gasteiger partial charge >= 0.3 is 0 Å². The minimum atomic E-state index is -0.613. The smallest absolute Gasteiger partial charge is 0.254 e. The molecule has 0 spiro atoms. The van der Waals surface area contributed by atoms with E-state index in [4.69, 9.17) is 10.00 Å². The van der Waals surface area contributed by atoms with E-state index in [1.165, 1.54) is 0 Å². The predicted molar refractivity (Wildman–Crippen MR) is 71.1 cm³/mol. The lowest BCUT2D eigenvalue weighted by Gasteiger charge is -2.21. The van der Waals surface area contributed by atoms with E-state index in [-0.39, 0.29) is 18.6 Å². The van der Waals surface area contributed by atoms with Crippen LogP contribution >= 0.6 is 0 Å². The standard InChI is InChI=1S/C15H18N2O2/c16-10-11-17-15(18)14(12-6-2-1-3-7-12)19-13-8-4-5-9-13/h1-3,6-7,13-14H,4-5,8-9,11H2,(H,17,18). The second kappa shape index (κ2) is 6.91. The van der Waals surface area contributed by atoms with E-state index >= 15 is 0 Å². The molecule has 4 heteroatoms. The lowest BCUT2D eigenvalue weighted by atomic mass is 10.1. The first kappa shape index (κ1) is 13.6. The molecule has 19 heavy (non-hydrogen) atoms. The van der Waals surface area contributed by atoms with Crippen LogP contribution in [-0.2, 0) is 9.53 Å². The number of hydrogen-bond donors (Lipinski definition) is 1. The monoisotopic (exact) mass is 258 g/mol. The fraction of sp³-hybridized carbons (Fsp3) is 0.467. The van der Waals surface area contributed by atoms with Crippen molar-refractivity contribution in [3.63, 3.8) is 0 Å². The Hall–Kier alpha value is -1.86. The fourth-order valence-electron chi connectivity index (χ4n) is 2.36. The van der Waals surface area contributed by atoms with Crippen LogP contribution in [0.2, 0.25) is 0 Å². The van der Waals surface area contributed by atoms with Crippen molar-refractivity contribution in [1.82, 2.24) is 5.32 Å². The van der Waals surface area contributed by atoms with Gasteiger partial charge in [-0.2, -0.15) is 5.26 Å². The van der Waals surface area contributed by atoms with Gasteiger partial charge in [0.05, 0.1) is 12.2 Å². The Morgan fingerprint density at radius 2 is 2.05 bits per heavy atom. The molecule has 1 fully saturated rings. The summed E-state index contributed by atoms with van der Waals surface area (Å²) in [6.07, 6.45) is 3.87. The van der Waals surface area contributed by atoms with Crippen LogP contribution in [-0.4, -0.2) is 18.6 Å². The normalized spacial score (nSPS) is 16.8. The molecule has 1 aliphatic carbocycles. The number of carbonyl (C=O) groups is 1. The Labute approximate surface area is 113 Å². The molecule has 1 aromatic carbocycles. The van der Waals surface area contributed by atoms with Crippen molar-refractivity contribution in [1.29, 1.82) is 5.26 Å². The first-order valence-corrected chi connectivity index (χ1v) is 6.66. The largest absolute Gasteiger partial charge is 0.360 e. The number of rotatable bonds is 5. The fourth-order valence-corrected chi connectivity index (χ4v) is 2.36. The molecule has 0 heterocycles. The van der Waals surface area contributed by atoms with E-state index in [0.29, 0.717) is 0 Å². The van der Waals surface area contributed by atoms with Crippen molar-refractivity contribution in [2.24, 2.45) is 0 Å². The van der Waals surface area contributed by atoms with Gasteiger partial charge in [0.25, 0.3) is 5.91 Å². The SMILES string of the molecule is N#CCNC(=O)C(OC1CCCC1)c1ccccc1. The van der Waals surface area contributed by atoms with Crippen LogP contribution in [0.4, 0.5) is 0 Å². The third-order valence-electron chi connectivity index (χ3n) is 3.31. The number of nitrogens with zero attached hydrogens (tertiary/aromatic N) is 1. The first-order chi connectivity index (χ1) is 9.31. The van der Waals surface area contributed by atoms with Crippen molar-refractivity contribution in [3.05, 3.63) is 35.9 Å². The summed E-state index contributed by atoms with van der Waals surface area (Å²) < 4.78 is 5.93. The summed E-state index contributed by atoms with van der Waals surface area (Å²) in [6, 6.07) is 11.4. The highest BCUT2D eigenvalue weighted by atomic mass is 16.5. The molecule has 2 rings (SSSR count). The Kier molecular flexibility index (Phi) is 4.93. The maximum Gasteiger partial charge on any atom is 0.254 e. The molecule has 0 radical (unpaired) electrons. The topological polar surface area (TPSA) is 62.1 Å². The number of hydrogen-bond acceptors (Lipinski definition) is 3. The Balaban J connectivity index is 2.08. The third kappa shape index (κ3) is 3.80. The van der Waals surface area contributed by atoms with E-state index < -0.39 is 6.10 Å². The van der Waals surface area contributed by atoms with Gasteiger partial charge in [-0.15, -0.1) is 0 Å². The zero-order valence-corrected chi connectivity index (χ0v) is 10.8. The van der Waals surface area contributed by atoms with Gasteiger partial charge in [-0.3, -0.25) is 4.79 Å². The predicted octanol–water partition coefficient (Wildman–Crippen LogP) is 2.33. The Bertz CT molecular complexity index is 447. The summed E-state index contributed by atoms with van der Waals surface area (Å²) in [7, 11) is 0. The second-order valence-electron chi connectivity index (χ2n) is 4.71. The van der Waals surface area contributed by atoms with Crippen LogP contribution in [0.15, 0.2) is 30.3 Å². The van der Waals surface area contributed by atoms with E-state index in [9.17, 15) is 4.79 Å². The third-order valence-corrected chi connectivity index (χ3v) is 3.31. The zero-order chi connectivity index (χ0) is 13.5. The summed E-state index contributed by atoms with van der Waals surface area (Å²) in [4.78, 5) is 12.1. The van der Waals surface area contributed by atoms with Crippen molar-refractivity contribution in [3.8, 4) is 6.07 Å². The molecule has 0 aromatic heterocycles. The highest BCUT2D eigenvalue weighted by Gasteiger charge is 2.26. The molecule has 1 aromatic rings. The number of amides is 1. The van der Waals surface area contributed by atoms with Crippen LogP contribution in [0.5, 0.6) is 0 Å². The molecule has 0 aliphatic heterocycles. The van der Waals surface area contributed by atoms with Gasteiger partial charge in [-0.1, -0.05) is 43.2 Å². The highest BCUT2D eigenvalue weighted by Crippen LogP contribution is 2.27. The second-order valence-corrected chi connectivity index (χ2v) is 4.71. The molecule has 1 atom stereocenters. The van der Waals surface area contributed by atoms with E-state index in [0.717, 1.165) is 31.2 Å². The molecule has 4 nitrogen and oxygen atoms in total. The maximum absolute atomic E-state index is 12.1. The van der Waals surface area contributed by atoms with E-state index in [1.807, 2.05) is 36.4 Å². The van der Waals surface area contributed by atoms with Crippen LogP contribution in [0.1, 0.15) is 37.4 Å². The average Bonchev–Trinajstić information content (AvgIpc) is 2.96.